The van der Waals surface area contributed by atoms with E-state index >= 15 is 0 Å². The van der Waals surface area contributed by atoms with Gasteiger partial charge in [-0.05, 0) is 35.8 Å². The van der Waals surface area contributed by atoms with E-state index in [1.807, 2.05) is 13.8 Å². The molecule has 0 aliphatic carbocycles. The van der Waals surface area contributed by atoms with Gasteiger partial charge in [-0.3, -0.25) is 4.79 Å². The third-order valence-corrected chi connectivity index (χ3v) is 4.32. The molecule has 0 saturated heterocycles. The zero-order valence-corrected chi connectivity index (χ0v) is 15.2. The van der Waals surface area contributed by atoms with Gasteiger partial charge in [-0.1, -0.05) is 48.1 Å². The largest absolute Gasteiger partial charge is 0.481 e. The normalized spacial score (nSPS) is 19.9. The Balaban J connectivity index is 0.00000312. The van der Waals surface area contributed by atoms with E-state index in [1.165, 1.54) is 6.92 Å². The number of esters is 1. The summed E-state index contributed by atoms with van der Waals surface area (Å²) >= 11 is 0. The summed E-state index contributed by atoms with van der Waals surface area (Å²) < 4.78 is 5.38. The second-order valence-corrected chi connectivity index (χ2v) is 8.67. The van der Waals surface area contributed by atoms with Crippen LogP contribution < -0.4 is 4.74 Å². The van der Waals surface area contributed by atoms with Crippen LogP contribution in [0, 0.1) is 5.41 Å². The predicted molar refractivity (Wildman–Crippen MR) is 96.8 cm³/mol. The summed E-state index contributed by atoms with van der Waals surface area (Å²) in [6.07, 6.45) is 0.638. The van der Waals surface area contributed by atoms with Gasteiger partial charge in [0.05, 0.1) is 6.42 Å². The van der Waals surface area contributed by atoms with E-state index in [9.17, 15) is 14.7 Å². The number of ether oxygens (including phenoxy) is 1. The van der Waals surface area contributed by atoms with Gasteiger partial charge in [0.25, 0.3) is 0 Å². The van der Waals surface area contributed by atoms with Crippen LogP contribution in [0.2, 0.25) is 0 Å². The molecule has 0 bridgehead atoms. The molecule has 1 aromatic rings. The van der Waals surface area contributed by atoms with Crippen molar-refractivity contribution < 1.29 is 24.5 Å². The highest BCUT2D eigenvalue weighted by atomic mass is 16.6. The van der Waals surface area contributed by atoms with Crippen LogP contribution in [-0.2, 0) is 27.0 Å². The predicted octanol–water partition coefficient (Wildman–Crippen LogP) is 3.79. The lowest BCUT2D eigenvalue weighted by Crippen LogP contribution is -2.29. The molecule has 1 aliphatic heterocycles. The monoisotopic (exact) mass is 350 g/mol. The topological polar surface area (TPSA) is 83.8 Å². The molecule has 25 heavy (non-hydrogen) atoms. The van der Waals surface area contributed by atoms with Crippen molar-refractivity contribution in [2.45, 2.75) is 72.8 Å². The van der Waals surface area contributed by atoms with Crippen molar-refractivity contribution in [1.82, 2.24) is 0 Å². The quantitative estimate of drug-likeness (QED) is 0.637. The number of benzene rings is 1. The Morgan fingerprint density at radius 1 is 1.20 bits per heavy atom. The lowest BCUT2D eigenvalue weighted by molar-refractivity contribution is -0.150. The number of aliphatic hydroxyl groups is 1. The van der Waals surface area contributed by atoms with Crippen LogP contribution in [-0.4, -0.2) is 22.2 Å². The average Bonchev–Trinajstić information content (AvgIpc) is 2.57. The van der Waals surface area contributed by atoms with E-state index in [2.05, 4.69) is 20.8 Å². The Morgan fingerprint density at radius 2 is 1.76 bits per heavy atom. The lowest BCUT2D eigenvalue weighted by Gasteiger charge is -2.34. The summed E-state index contributed by atoms with van der Waals surface area (Å²) in [5, 5.41) is 19.6. The Kier molecular flexibility index (Phi) is 5.46. The van der Waals surface area contributed by atoms with Crippen LogP contribution in [0.4, 0.5) is 0 Å². The molecule has 5 heteroatoms. The number of aliphatic carboxylic acids is 1. The fraction of sp³-hybridized carbons (Fsp3) is 0.600. The van der Waals surface area contributed by atoms with Gasteiger partial charge < -0.3 is 14.9 Å². The molecule has 1 unspecified atom stereocenters. The lowest BCUT2D eigenvalue weighted by atomic mass is 9.71. The summed E-state index contributed by atoms with van der Waals surface area (Å²) in [5.74, 6) is -1.31. The minimum absolute atomic E-state index is 0. The van der Waals surface area contributed by atoms with Crippen LogP contribution in [0.1, 0.15) is 72.1 Å². The van der Waals surface area contributed by atoms with Gasteiger partial charge in [0.2, 0.25) is 0 Å². The number of hydrogen-bond donors (Lipinski definition) is 2. The second kappa shape index (κ2) is 6.45. The minimum Gasteiger partial charge on any atom is -0.481 e. The fourth-order valence-electron chi connectivity index (χ4n) is 3.66. The van der Waals surface area contributed by atoms with Gasteiger partial charge in [0, 0.05) is 11.1 Å². The van der Waals surface area contributed by atoms with Crippen molar-refractivity contribution in [1.29, 1.82) is 0 Å². The highest BCUT2D eigenvalue weighted by Crippen LogP contribution is 2.48. The highest BCUT2D eigenvalue weighted by Gasteiger charge is 2.47. The number of carboxylic acids is 1. The highest BCUT2D eigenvalue weighted by molar-refractivity contribution is 5.89. The van der Waals surface area contributed by atoms with Crippen molar-refractivity contribution in [2.24, 2.45) is 5.41 Å². The first-order valence-electron chi connectivity index (χ1n) is 8.08. The van der Waals surface area contributed by atoms with Crippen LogP contribution in [0.3, 0.4) is 0 Å². The molecule has 0 saturated carbocycles. The van der Waals surface area contributed by atoms with Gasteiger partial charge in [0.1, 0.15) is 5.75 Å². The number of carboxylic acid groups (broad SMARTS) is 1. The van der Waals surface area contributed by atoms with Crippen molar-refractivity contribution in [3.63, 3.8) is 0 Å². The maximum Gasteiger partial charge on any atom is 0.348 e. The molecule has 0 aromatic heterocycles. The van der Waals surface area contributed by atoms with Gasteiger partial charge in [0.15, 0.2) is 5.60 Å². The van der Waals surface area contributed by atoms with Crippen molar-refractivity contribution in [2.75, 3.05) is 0 Å². The fourth-order valence-corrected chi connectivity index (χ4v) is 3.66. The van der Waals surface area contributed by atoms with Crippen LogP contribution in [0.5, 0.6) is 5.75 Å². The minimum atomic E-state index is -1.75. The van der Waals surface area contributed by atoms with Crippen molar-refractivity contribution >= 4 is 11.9 Å². The molecule has 2 N–H and O–H groups in total. The van der Waals surface area contributed by atoms with Crippen LogP contribution in [0.25, 0.3) is 0 Å². The molecule has 0 fully saturated rings. The third-order valence-electron chi connectivity index (χ3n) is 4.32. The Labute approximate surface area is 150 Å². The Morgan fingerprint density at radius 3 is 2.24 bits per heavy atom. The van der Waals surface area contributed by atoms with Gasteiger partial charge in [-0.25, -0.2) is 4.79 Å². The smallest absolute Gasteiger partial charge is 0.348 e. The number of carbonyl (C=O) groups is 2. The molecule has 0 amide bonds. The molecule has 0 spiro atoms. The van der Waals surface area contributed by atoms with E-state index < -0.39 is 17.5 Å². The molecule has 0 radical (unpaired) electrons. The number of hydrogen-bond acceptors (Lipinski definition) is 4. The van der Waals surface area contributed by atoms with E-state index in [0.29, 0.717) is 16.9 Å². The number of fused-ring (bicyclic) bond motifs is 1. The zero-order valence-electron chi connectivity index (χ0n) is 15.2. The van der Waals surface area contributed by atoms with Crippen LogP contribution >= 0.6 is 0 Å². The van der Waals surface area contributed by atoms with Gasteiger partial charge in [-0.2, -0.15) is 0 Å². The Bertz CT molecular complexity index is 693. The number of carbonyl (C=O) groups excluding carboxylic acids is 1. The summed E-state index contributed by atoms with van der Waals surface area (Å²) in [7, 11) is 0. The van der Waals surface area contributed by atoms with Crippen molar-refractivity contribution in [3.8, 4) is 5.75 Å². The zero-order chi connectivity index (χ0) is 18.5. The average molecular weight is 350 g/mol. The molecule has 1 atom stereocenters. The molecule has 1 aromatic carbocycles. The molecular weight excluding hydrogens is 320 g/mol. The first kappa shape index (κ1) is 21.2. The first-order chi connectivity index (χ1) is 10.7. The Hall–Kier alpha value is -1.88. The molecule has 5 nitrogen and oxygen atoms in total. The molecular formula is C20H30O5. The van der Waals surface area contributed by atoms with E-state index in [0.717, 1.165) is 12.0 Å². The maximum atomic E-state index is 12.1. The standard InChI is InChI=1S/C19H26O5.CH4/c1-17(2,3)10-18(4,5)12-7-11(9-14(20)21)8-13-15(12)24-16(22)19(13,6)23;/h7-8,23H,9-10H2,1-6H3,(H,20,21);1H4. The molecule has 1 heterocycles. The van der Waals surface area contributed by atoms with E-state index in [1.54, 1.807) is 12.1 Å². The van der Waals surface area contributed by atoms with Crippen LogP contribution in [0.15, 0.2) is 12.1 Å². The van der Waals surface area contributed by atoms with Gasteiger partial charge in [-0.15, -0.1) is 0 Å². The summed E-state index contributed by atoms with van der Waals surface area (Å²) in [6.45, 7) is 11.8. The SMILES string of the molecule is C.CC(C)(C)CC(C)(C)c1cc(CC(=O)O)cc2c1OC(=O)C2(C)O. The summed E-state index contributed by atoms with van der Waals surface area (Å²) in [5.41, 5.74) is -0.407. The number of rotatable bonds is 4. The second-order valence-electron chi connectivity index (χ2n) is 8.67. The molecule has 1 aliphatic rings. The van der Waals surface area contributed by atoms with E-state index in [4.69, 9.17) is 9.84 Å². The maximum absolute atomic E-state index is 12.1. The van der Waals surface area contributed by atoms with Crippen molar-refractivity contribution in [3.05, 3.63) is 28.8 Å². The summed E-state index contributed by atoms with van der Waals surface area (Å²) in [6, 6.07) is 3.35. The van der Waals surface area contributed by atoms with Gasteiger partial charge >= 0.3 is 11.9 Å². The molecule has 140 valence electrons. The first-order valence-corrected chi connectivity index (χ1v) is 8.08. The van der Waals surface area contributed by atoms with E-state index in [-0.39, 0.29) is 24.7 Å². The summed E-state index contributed by atoms with van der Waals surface area (Å²) in [4.78, 5) is 23.2. The third kappa shape index (κ3) is 4.21. The molecule has 2 rings (SSSR count).